The second-order valence-electron chi connectivity index (χ2n) is 4.87. The summed E-state index contributed by atoms with van der Waals surface area (Å²) < 4.78 is 18.0. The highest BCUT2D eigenvalue weighted by Gasteiger charge is 2.33. The lowest BCUT2D eigenvalue weighted by Crippen LogP contribution is -2.39. The van der Waals surface area contributed by atoms with Gasteiger partial charge in [0.1, 0.15) is 5.82 Å². The monoisotopic (exact) mass is 253 g/mol. The highest BCUT2D eigenvalue weighted by Crippen LogP contribution is 2.41. The van der Waals surface area contributed by atoms with Gasteiger partial charge in [-0.3, -0.25) is 0 Å². The number of halogens is 1. The molecule has 18 heavy (non-hydrogen) atoms. The van der Waals surface area contributed by atoms with Crippen molar-refractivity contribution in [3.8, 4) is 0 Å². The lowest BCUT2D eigenvalue weighted by molar-refractivity contribution is 0.120. The Balaban J connectivity index is 2.05. The zero-order chi connectivity index (χ0) is 13.0. The van der Waals surface area contributed by atoms with E-state index >= 15 is 0 Å². The van der Waals surface area contributed by atoms with Crippen LogP contribution >= 0.6 is 0 Å². The first-order valence-electron chi connectivity index (χ1n) is 6.36. The molecule has 100 valence electrons. The number of aliphatic hydroxyl groups excluding tert-OH is 1. The molecule has 1 aliphatic rings. The standard InChI is InChI=1S/C14H20FNO2/c1-18-9-13(8-17)16-14(10-2-3-10)11-4-6-12(15)7-5-11/h4-7,10,13-14,16-17H,2-3,8-9H2,1H3. The van der Waals surface area contributed by atoms with Gasteiger partial charge in [-0.15, -0.1) is 0 Å². The first-order chi connectivity index (χ1) is 8.74. The third-order valence-electron chi connectivity index (χ3n) is 3.33. The van der Waals surface area contributed by atoms with E-state index in [4.69, 9.17) is 4.74 Å². The van der Waals surface area contributed by atoms with E-state index in [1.54, 1.807) is 7.11 Å². The average Bonchev–Trinajstić information content (AvgIpc) is 3.20. The van der Waals surface area contributed by atoms with Gasteiger partial charge in [0, 0.05) is 13.2 Å². The molecule has 0 aliphatic heterocycles. The molecule has 0 heterocycles. The number of rotatable bonds is 7. The van der Waals surface area contributed by atoms with Crippen molar-refractivity contribution in [3.05, 3.63) is 35.6 Å². The molecule has 4 heteroatoms. The minimum atomic E-state index is -0.219. The van der Waals surface area contributed by atoms with Gasteiger partial charge < -0.3 is 15.2 Å². The normalized spacial score (nSPS) is 18.6. The zero-order valence-electron chi connectivity index (χ0n) is 10.6. The topological polar surface area (TPSA) is 41.5 Å². The van der Waals surface area contributed by atoms with Gasteiger partial charge in [-0.2, -0.15) is 0 Å². The van der Waals surface area contributed by atoms with E-state index in [1.165, 1.54) is 25.0 Å². The number of benzene rings is 1. The molecule has 0 spiro atoms. The highest BCUT2D eigenvalue weighted by molar-refractivity contribution is 5.22. The summed E-state index contributed by atoms with van der Waals surface area (Å²) in [5.41, 5.74) is 1.08. The first kappa shape index (κ1) is 13.5. The maximum absolute atomic E-state index is 12.9. The number of ether oxygens (including phenoxy) is 1. The van der Waals surface area contributed by atoms with Gasteiger partial charge in [-0.1, -0.05) is 12.1 Å². The van der Waals surface area contributed by atoms with Crippen LogP contribution in [0.4, 0.5) is 4.39 Å². The summed E-state index contributed by atoms with van der Waals surface area (Å²) in [5, 5.41) is 12.7. The Bertz CT molecular complexity index is 365. The second-order valence-corrected chi connectivity index (χ2v) is 4.87. The number of nitrogens with one attached hydrogen (secondary N) is 1. The molecule has 2 atom stereocenters. The molecule has 0 aromatic heterocycles. The van der Waals surface area contributed by atoms with Crippen LogP contribution in [0.2, 0.25) is 0 Å². The third kappa shape index (κ3) is 3.51. The molecule has 1 saturated carbocycles. The highest BCUT2D eigenvalue weighted by atomic mass is 19.1. The van der Waals surface area contributed by atoms with Crippen LogP contribution in [0, 0.1) is 11.7 Å². The van der Waals surface area contributed by atoms with Crippen molar-refractivity contribution in [2.45, 2.75) is 24.9 Å². The average molecular weight is 253 g/mol. The molecule has 2 rings (SSSR count). The summed E-state index contributed by atoms with van der Waals surface area (Å²) in [4.78, 5) is 0. The Labute approximate surface area is 107 Å². The van der Waals surface area contributed by atoms with Crippen LogP contribution in [0.3, 0.4) is 0 Å². The fourth-order valence-electron chi connectivity index (χ4n) is 2.21. The van der Waals surface area contributed by atoms with E-state index in [1.807, 2.05) is 12.1 Å². The summed E-state index contributed by atoms with van der Waals surface area (Å²) in [7, 11) is 1.62. The first-order valence-corrected chi connectivity index (χ1v) is 6.36. The van der Waals surface area contributed by atoms with Crippen molar-refractivity contribution in [2.24, 2.45) is 5.92 Å². The quantitative estimate of drug-likeness (QED) is 0.779. The molecule has 1 aromatic rings. The predicted molar refractivity (Wildman–Crippen MR) is 67.8 cm³/mol. The Morgan fingerprint density at radius 2 is 2.06 bits per heavy atom. The van der Waals surface area contributed by atoms with Crippen molar-refractivity contribution in [3.63, 3.8) is 0 Å². The molecular formula is C14H20FNO2. The number of methoxy groups -OCH3 is 1. The minimum absolute atomic E-state index is 0.0399. The van der Waals surface area contributed by atoms with Gasteiger partial charge in [0.25, 0.3) is 0 Å². The molecule has 0 bridgehead atoms. The van der Waals surface area contributed by atoms with Gasteiger partial charge in [0.15, 0.2) is 0 Å². The summed E-state index contributed by atoms with van der Waals surface area (Å²) in [6.07, 6.45) is 2.36. The molecule has 2 unspecified atom stereocenters. The Morgan fingerprint density at radius 1 is 1.39 bits per heavy atom. The number of hydrogen-bond acceptors (Lipinski definition) is 3. The van der Waals surface area contributed by atoms with E-state index in [9.17, 15) is 9.50 Å². The molecule has 1 aliphatic carbocycles. The SMILES string of the molecule is COCC(CO)NC(c1ccc(F)cc1)C1CC1. The fourth-order valence-corrected chi connectivity index (χ4v) is 2.21. The largest absolute Gasteiger partial charge is 0.395 e. The molecule has 2 N–H and O–H groups in total. The van der Waals surface area contributed by atoms with Crippen LogP contribution in [0.1, 0.15) is 24.4 Å². The van der Waals surface area contributed by atoms with E-state index in [0.717, 1.165) is 5.56 Å². The molecule has 0 radical (unpaired) electrons. The maximum atomic E-state index is 12.9. The Hall–Kier alpha value is -0.970. The van der Waals surface area contributed by atoms with Gasteiger partial charge in [-0.05, 0) is 36.5 Å². The maximum Gasteiger partial charge on any atom is 0.123 e. The molecule has 3 nitrogen and oxygen atoms in total. The van der Waals surface area contributed by atoms with Crippen molar-refractivity contribution < 1.29 is 14.2 Å². The van der Waals surface area contributed by atoms with Crippen LogP contribution in [0.25, 0.3) is 0 Å². The molecule has 1 fully saturated rings. The van der Waals surface area contributed by atoms with Crippen molar-refractivity contribution in [2.75, 3.05) is 20.3 Å². The van der Waals surface area contributed by atoms with Gasteiger partial charge >= 0.3 is 0 Å². The number of hydrogen-bond donors (Lipinski definition) is 2. The van der Waals surface area contributed by atoms with Crippen LogP contribution in [0.5, 0.6) is 0 Å². The minimum Gasteiger partial charge on any atom is -0.395 e. The van der Waals surface area contributed by atoms with Crippen molar-refractivity contribution >= 4 is 0 Å². The second kappa shape index (κ2) is 6.27. The van der Waals surface area contributed by atoms with E-state index in [2.05, 4.69) is 5.32 Å². The molecule has 1 aromatic carbocycles. The van der Waals surface area contributed by atoms with E-state index in [-0.39, 0.29) is 24.5 Å². The molecule has 0 saturated heterocycles. The zero-order valence-corrected chi connectivity index (χ0v) is 10.6. The smallest absolute Gasteiger partial charge is 0.123 e. The lowest BCUT2D eigenvalue weighted by Gasteiger charge is -2.24. The summed E-state index contributed by atoms with van der Waals surface area (Å²) in [6, 6.07) is 6.69. The van der Waals surface area contributed by atoms with Crippen molar-refractivity contribution in [1.82, 2.24) is 5.32 Å². The van der Waals surface area contributed by atoms with E-state index in [0.29, 0.717) is 12.5 Å². The number of aliphatic hydroxyl groups is 1. The fraction of sp³-hybridized carbons (Fsp3) is 0.571. The predicted octanol–water partition coefficient (Wildman–Crippen LogP) is 1.87. The van der Waals surface area contributed by atoms with Crippen LogP contribution < -0.4 is 5.32 Å². The van der Waals surface area contributed by atoms with Gasteiger partial charge in [0.2, 0.25) is 0 Å². The van der Waals surface area contributed by atoms with E-state index < -0.39 is 0 Å². The Morgan fingerprint density at radius 3 is 2.56 bits per heavy atom. The summed E-state index contributed by atoms with van der Waals surface area (Å²) in [5.74, 6) is 0.366. The van der Waals surface area contributed by atoms with Gasteiger partial charge in [0.05, 0.1) is 19.3 Å². The summed E-state index contributed by atoms with van der Waals surface area (Å²) >= 11 is 0. The Kier molecular flexibility index (Phi) is 4.69. The lowest BCUT2D eigenvalue weighted by atomic mass is 10.0. The molecule has 0 amide bonds. The van der Waals surface area contributed by atoms with Crippen molar-refractivity contribution in [1.29, 1.82) is 0 Å². The van der Waals surface area contributed by atoms with Crippen LogP contribution in [-0.4, -0.2) is 31.5 Å². The van der Waals surface area contributed by atoms with Crippen LogP contribution in [-0.2, 0) is 4.74 Å². The van der Waals surface area contributed by atoms with Gasteiger partial charge in [-0.25, -0.2) is 4.39 Å². The summed E-state index contributed by atoms with van der Waals surface area (Å²) in [6.45, 7) is 0.513. The molecular weight excluding hydrogens is 233 g/mol. The van der Waals surface area contributed by atoms with Crippen LogP contribution in [0.15, 0.2) is 24.3 Å². The third-order valence-corrected chi connectivity index (χ3v) is 3.33.